The maximum atomic E-state index is 14.3. The van der Waals surface area contributed by atoms with Crippen LogP contribution in [0.5, 0.6) is 5.75 Å². The van der Waals surface area contributed by atoms with Crippen molar-refractivity contribution in [3.05, 3.63) is 71.3 Å². The quantitative estimate of drug-likeness (QED) is 0.662. The molecule has 0 aliphatic carbocycles. The molecule has 1 aliphatic heterocycles. The number of halogens is 3. The number of nitrogens with zero attached hydrogens (tertiary/aromatic N) is 2. The molecule has 0 unspecified atom stereocenters. The van der Waals surface area contributed by atoms with Crippen molar-refractivity contribution in [3.63, 3.8) is 0 Å². The number of benzene rings is 2. The van der Waals surface area contributed by atoms with E-state index in [-0.39, 0.29) is 17.3 Å². The van der Waals surface area contributed by atoms with E-state index in [1.165, 1.54) is 37.6 Å². The summed E-state index contributed by atoms with van der Waals surface area (Å²) < 4.78 is 48.0. The molecule has 2 aromatic carbocycles. The molecule has 1 aromatic heterocycles. The van der Waals surface area contributed by atoms with Crippen LogP contribution in [0.25, 0.3) is 11.1 Å². The van der Waals surface area contributed by atoms with Gasteiger partial charge in [-0.1, -0.05) is 12.1 Å². The lowest BCUT2D eigenvalue weighted by Gasteiger charge is -2.32. The first-order chi connectivity index (χ1) is 14.1. The summed E-state index contributed by atoms with van der Waals surface area (Å²) in [4.78, 5) is 2.15. The Morgan fingerprint density at radius 3 is 2.66 bits per heavy atom. The molecule has 1 fully saturated rings. The lowest BCUT2D eigenvalue weighted by molar-refractivity contribution is 0.196. The third-order valence-electron chi connectivity index (χ3n) is 5.47. The van der Waals surface area contributed by atoms with E-state index in [2.05, 4.69) is 15.1 Å². The minimum absolute atomic E-state index is 0.0292. The smallest absolute Gasteiger partial charge is 0.134 e. The van der Waals surface area contributed by atoms with E-state index in [1.807, 2.05) is 0 Å². The molecule has 1 saturated heterocycles. The Kier molecular flexibility index (Phi) is 5.58. The predicted octanol–water partition coefficient (Wildman–Crippen LogP) is 4.88. The highest BCUT2D eigenvalue weighted by Gasteiger charge is 2.27. The number of nitrogens with one attached hydrogen (secondary N) is 1. The average molecular weight is 401 g/mol. The first-order valence-electron chi connectivity index (χ1n) is 9.59. The number of methoxy groups -OCH3 is 1. The second kappa shape index (κ2) is 8.29. The van der Waals surface area contributed by atoms with Gasteiger partial charge in [-0.25, -0.2) is 13.2 Å². The summed E-state index contributed by atoms with van der Waals surface area (Å²) >= 11 is 0. The zero-order chi connectivity index (χ0) is 20.4. The number of piperidine rings is 1. The van der Waals surface area contributed by atoms with Gasteiger partial charge in [0.25, 0.3) is 0 Å². The number of hydrogen-bond donors (Lipinski definition) is 1. The molecule has 0 bridgehead atoms. The van der Waals surface area contributed by atoms with Gasteiger partial charge >= 0.3 is 0 Å². The standard InChI is InChI=1S/C22H22F3N3O/c1-29-16-8-7-14(20(25)10-16)12-28-9-3-4-15(13-28)22-17(11-26-27-22)21-18(23)5-2-6-19(21)24/h2,5-8,10-11,15H,3-4,9,12-13H2,1H3,(H,26,27)/t15-/m0/s1. The molecular weight excluding hydrogens is 379 g/mol. The normalized spacial score (nSPS) is 17.4. The van der Waals surface area contributed by atoms with Crippen LogP contribution >= 0.6 is 0 Å². The van der Waals surface area contributed by atoms with Crippen molar-refractivity contribution in [3.8, 4) is 16.9 Å². The van der Waals surface area contributed by atoms with Gasteiger partial charge < -0.3 is 4.74 Å². The maximum Gasteiger partial charge on any atom is 0.134 e. The number of likely N-dealkylation sites (tertiary alicyclic amines) is 1. The van der Waals surface area contributed by atoms with Crippen molar-refractivity contribution >= 4 is 0 Å². The van der Waals surface area contributed by atoms with Crippen LogP contribution in [0, 0.1) is 17.5 Å². The topological polar surface area (TPSA) is 41.1 Å². The van der Waals surface area contributed by atoms with E-state index in [0.717, 1.165) is 19.4 Å². The molecule has 1 aliphatic rings. The number of aromatic nitrogens is 2. The van der Waals surface area contributed by atoms with Gasteiger partial charge in [0, 0.05) is 41.9 Å². The van der Waals surface area contributed by atoms with Crippen molar-refractivity contribution in [2.24, 2.45) is 0 Å². The molecule has 4 rings (SSSR count). The van der Waals surface area contributed by atoms with Gasteiger partial charge in [-0.3, -0.25) is 10.00 Å². The molecule has 0 saturated carbocycles. The van der Waals surface area contributed by atoms with E-state index >= 15 is 0 Å². The predicted molar refractivity (Wildman–Crippen MR) is 104 cm³/mol. The van der Waals surface area contributed by atoms with Crippen molar-refractivity contribution in [2.45, 2.75) is 25.3 Å². The monoisotopic (exact) mass is 401 g/mol. The van der Waals surface area contributed by atoms with E-state index in [9.17, 15) is 13.2 Å². The van der Waals surface area contributed by atoms with Gasteiger partial charge in [-0.05, 0) is 37.6 Å². The van der Waals surface area contributed by atoms with E-state index in [4.69, 9.17) is 4.74 Å². The largest absolute Gasteiger partial charge is 0.497 e. The summed E-state index contributed by atoms with van der Waals surface area (Å²) in [7, 11) is 1.50. The molecule has 29 heavy (non-hydrogen) atoms. The molecule has 152 valence electrons. The molecule has 4 nitrogen and oxygen atoms in total. The third-order valence-corrected chi connectivity index (χ3v) is 5.47. The van der Waals surface area contributed by atoms with Crippen molar-refractivity contribution in [2.75, 3.05) is 20.2 Å². The zero-order valence-electron chi connectivity index (χ0n) is 16.1. The number of hydrogen-bond acceptors (Lipinski definition) is 3. The number of aromatic amines is 1. The van der Waals surface area contributed by atoms with Gasteiger partial charge in [0.1, 0.15) is 23.2 Å². The van der Waals surface area contributed by atoms with Crippen LogP contribution < -0.4 is 4.74 Å². The highest BCUT2D eigenvalue weighted by atomic mass is 19.1. The van der Waals surface area contributed by atoms with Gasteiger partial charge in [0.05, 0.1) is 18.9 Å². The first-order valence-corrected chi connectivity index (χ1v) is 9.59. The number of ether oxygens (including phenoxy) is 1. The third kappa shape index (κ3) is 4.00. The maximum absolute atomic E-state index is 14.3. The Balaban J connectivity index is 1.55. The van der Waals surface area contributed by atoms with Gasteiger partial charge in [-0.15, -0.1) is 0 Å². The second-order valence-corrected chi connectivity index (χ2v) is 7.33. The fraction of sp³-hybridized carbons (Fsp3) is 0.318. The molecule has 0 amide bonds. The van der Waals surface area contributed by atoms with Gasteiger partial charge in [0.2, 0.25) is 0 Å². The van der Waals surface area contributed by atoms with Crippen LogP contribution in [0.2, 0.25) is 0 Å². The number of H-pyrrole nitrogens is 1. The van der Waals surface area contributed by atoms with E-state index < -0.39 is 11.6 Å². The summed E-state index contributed by atoms with van der Waals surface area (Å²) in [5.74, 6) is -1.01. The first kappa shape index (κ1) is 19.5. The Bertz CT molecular complexity index is 984. The van der Waals surface area contributed by atoms with Crippen LogP contribution in [0.15, 0.2) is 42.6 Å². The Labute approximate surface area is 167 Å². The SMILES string of the molecule is COc1ccc(CN2CCC[C@H](c3[nH]ncc3-c3c(F)cccc3F)C2)c(F)c1. The molecule has 1 N–H and O–H groups in total. The minimum Gasteiger partial charge on any atom is -0.497 e. The summed E-state index contributed by atoms with van der Waals surface area (Å²) in [6.45, 7) is 1.94. The molecule has 3 aromatic rings. The molecule has 7 heteroatoms. The lowest BCUT2D eigenvalue weighted by Crippen LogP contribution is -2.34. The van der Waals surface area contributed by atoms with Crippen LogP contribution in [-0.4, -0.2) is 35.3 Å². The number of rotatable bonds is 5. The Morgan fingerprint density at radius 1 is 1.14 bits per heavy atom. The fourth-order valence-electron chi connectivity index (χ4n) is 4.02. The molecule has 0 spiro atoms. The zero-order valence-corrected chi connectivity index (χ0v) is 16.1. The highest BCUT2D eigenvalue weighted by molar-refractivity contribution is 5.67. The second-order valence-electron chi connectivity index (χ2n) is 7.33. The van der Waals surface area contributed by atoms with Gasteiger partial charge in [0.15, 0.2) is 0 Å². The van der Waals surface area contributed by atoms with E-state index in [1.54, 1.807) is 12.1 Å². The van der Waals surface area contributed by atoms with Crippen LogP contribution in [0.3, 0.4) is 0 Å². The van der Waals surface area contributed by atoms with Gasteiger partial charge in [-0.2, -0.15) is 5.10 Å². The summed E-state index contributed by atoms with van der Waals surface area (Å²) in [5.41, 5.74) is 1.70. The molecule has 1 atom stereocenters. The van der Waals surface area contributed by atoms with Crippen LogP contribution in [0.4, 0.5) is 13.2 Å². The van der Waals surface area contributed by atoms with Crippen LogP contribution in [-0.2, 0) is 6.54 Å². The average Bonchev–Trinajstić information content (AvgIpc) is 3.19. The Morgan fingerprint density at radius 2 is 1.93 bits per heavy atom. The highest BCUT2D eigenvalue weighted by Crippen LogP contribution is 2.35. The summed E-state index contributed by atoms with van der Waals surface area (Å²) in [5, 5.41) is 6.99. The molecule has 0 radical (unpaired) electrons. The lowest BCUT2D eigenvalue weighted by atomic mass is 9.90. The minimum atomic E-state index is -0.611. The summed E-state index contributed by atoms with van der Waals surface area (Å²) in [6, 6.07) is 8.69. The van der Waals surface area contributed by atoms with E-state index in [0.29, 0.717) is 35.7 Å². The molecule has 2 heterocycles. The van der Waals surface area contributed by atoms with Crippen molar-refractivity contribution in [1.29, 1.82) is 0 Å². The Hall–Kier alpha value is -2.80. The van der Waals surface area contributed by atoms with Crippen molar-refractivity contribution in [1.82, 2.24) is 15.1 Å². The summed E-state index contributed by atoms with van der Waals surface area (Å²) in [6.07, 6.45) is 3.24. The fourth-order valence-corrected chi connectivity index (χ4v) is 4.02. The van der Waals surface area contributed by atoms with Crippen molar-refractivity contribution < 1.29 is 17.9 Å². The van der Waals surface area contributed by atoms with Crippen LogP contribution in [0.1, 0.15) is 30.0 Å². The molecular formula is C22H22F3N3O.